The largest absolute Gasteiger partial charge is 0.475 e. The number of ketones is 1. The molecule has 3 nitrogen and oxygen atoms in total. The van der Waals surface area contributed by atoms with Crippen molar-refractivity contribution in [2.45, 2.75) is 0 Å². The summed E-state index contributed by atoms with van der Waals surface area (Å²) in [5, 5.41) is 8.48. The third-order valence-electron chi connectivity index (χ3n) is 2.38. The van der Waals surface area contributed by atoms with Crippen molar-refractivity contribution in [2.24, 2.45) is 0 Å². The Bertz CT molecular complexity index is 658. The van der Waals surface area contributed by atoms with Crippen LogP contribution in [0, 0.1) is 0 Å². The fourth-order valence-corrected chi connectivity index (χ4v) is 3.06. The maximum atomic E-state index is 11.0. The molecule has 0 fully saturated rings. The summed E-state index contributed by atoms with van der Waals surface area (Å²) in [6, 6.07) is 11.6. The van der Waals surface area contributed by atoms with Crippen LogP contribution in [0.1, 0.15) is 4.88 Å². The number of hydrogen-bond acceptors (Lipinski definition) is 3. The summed E-state index contributed by atoms with van der Waals surface area (Å²) in [7, 11) is 0. The lowest BCUT2D eigenvalue weighted by Gasteiger charge is -1.99. The van der Waals surface area contributed by atoms with Crippen molar-refractivity contribution < 1.29 is 14.7 Å². The third kappa shape index (κ3) is 3.39. The Balaban J connectivity index is 2.23. The summed E-state index contributed by atoms with van der Waals surface area (Å²) >= 11 is 4.97. The van der Waals surface area contributed by atoms with E-state index in [2.05, 4.69) is 15.9 Å². The second kappa shape index (κ2) is 5.95. The minimum atomic E-state index is -1.45. The lowest BCUT2D eigenvalue weighted by atomic mass is 10.2. The summed E-state index contributed by atoms with van der Waals surface area (Å²) in [5.74, 6) is -2.37. The van der Waals surface area contributed by atoms with Crippen LogP contribution in [0.15, 0.2) is 46.9 Å². The second-order valence-electron chi connectivity index (χ2n) is 3.68. The molecule has 2 aromatic rings. The fraction of sp³-hybridized carbons (Fsp3) is 0. The molecule has 5 heteroatoms. The predicted molar refractivity (Wildman–Crippen MR) is 79.1 cm³/mol. The smallest absolute Gasteiger partial charge is 0.376 e. The van der Waals surface area contributed by atoms with E-state index in [4.69, 9.17) is 5.11 Å². The van der Waals surface area contributed by atoms with Crippen molar-refractivity contribution in [1.82, 2.24) is 0 Å². The van der Waals surface area contributed by atoms with Crippen LogP contribution in [0.2, 0.25) is 0 Å². The van der Waals surface area contributed by atoms with E-state index in [1.165, 1.54) is 17.4 Å². The van der Waals surface area contributed by atoms with Crippen LogP contribution in [-0.4, -0.2) is 16.9 Å². The molecule has 0 radical (unpaired) electrons. The number of carbonyl (C=O) groups excluding carboxylic acids is 1. The van der Waals surface area contributed by atoms with E-state index in [0.717, 1.165) is 25.9 Å². The number of carbonyl (C=O) groups is 2. The molecule has 1 heterocycles. The van der Waals surface area contributed by atoms with Crippen LogP contribution in [0.3, 0.4) is 0 Å². The van der Waals surface area contributed by atoms with Crippen molar-refractivity contribution in [3.05, 3.63) is 51.8 Å². The van der Waals surface area contributed by atoms with Crippen LogP contribution in [0.25, 0.3) is 16.5 Å². The van der Waals surface area contributed by atoms with Crippen LogP contribution in [0.4, 0.5) is 0 Å². The highest BCUT2D eigenvalue weighted by Crippen LogP contribution is 2.33. The van der Waals surface area contributed by atoms with Gasteiger partial charge in [-0.25, -0.2) is 4.79 Å². The zero-order valence-corrected chi connectivity index (χ0v) is 12.1. The van der Waals surface area contributed by atoms with Gasteiger partial charge in [-0.3, -0.25) is 4.79 Å². The number of carboxylic acids is 1. The highest BCUT2D eigenvalue weighted by molar-refractivity contribution is 9.10. The lowest BCUT2D eigenvalue weighted by Crippen LogP contribution is -2.08. The van der Waals surface area contributed by atoms with Gasteiger partial charge in [-0.1, -0.05) is 34.1 Å². The summed E-state index contributed by atoms with van der Waals surface area (Å²) < 4.78 is 0.994. The van der Waals surface area contributed by atoms with Gasteiger partial charge in [-0.15, -0.1) is 11.3 Å². The molecule has 19 heavy (non-hydrogen) atoms. The van der Waals surface area contributed by atoms with Gasteiger partial charge in [0.25, 0.3) is 5.78 Å². The SMILES string of the molecule is O=C(O)C(=O)/C=C/c1ccc(-c2ccccc2Br)s1. The molecule has 0 aliphatic rings. The molecule has 96 valence electrons. The number of benzene rings is 1. The summed E-state index contributed by atoms with van der Waals surface area (Å²) in [6.07, 6.45) is 2.58. The summed E-state index contributed by atoms with van der Waals surface area (Å²) in [6.45, 7) is 0. The van der Waals surface area contributed by atoms with Crippen molar-refractivity contribution >= 4 is 45.1 Å². The van der Waals surface area contributed by atoms with E-state index in [0.29, 0.717) is 0 Å². The molecule has 0 amide bonds. The van der Waals surface area contributed by atoms with Crippen molar-refractivity contribution in [3.63, 3.8) is 0 Å². The Morgan fingerprint density at radius 1 is 1.16 bits per heavy atom. The molecule has 1 N–H and O–H groups in total. The molecule has 0 saturated carbocycles. The Morgan fingerprint density at radius 2 is 1.89 bits per heavy atom. The van der Waals surface area contributed by atoms with Gasteiger partial charge in [0.15, 0.2) is 0 Å². The number of rotatable bonds is 4. The average Bonchev–Trinajstić information content (AvgIpc) is 2.85. The normalized spacial score (nSPS) is 10.8. The van der Waals surface area contributed by atoms with Gasteiger partial charge < -0.3 is 5.11 Å². The van der Waals surface area contributed by atoms with Crippen LogP contribution in [0.5, 0.6) is 0 Å². The lowest BCUT2D eigenvalue weighted by molar-refractivity contribution is -0.146. The molecule has 0 saturated heterocycles. The minimum absolute atomic E-state index is 0.834. The zero-order valence-electron chi connectivity index (χ0n) is 9.67. The van der Waals surface area contributed by atoms with Gasteiger partial charge in [0.2, 0.25) is 0 Å². The van der Waals surface area contributed by atoms with Gasteiger partial charge in [0.05, 0.1) is 0 Å². The summed E-state index contributed by atoms with van der Waals surface area (Å²) in [5.41, 5.74) is 1.07. The number of hydrogen-bond donors (Lipinski definition) is 1. The van der Waals surface area contributed by atoms with E-state index in [1.807, 2.05) is 36.4 Å². The van der Waals surface area contributed by atoms with Gasteiger partial charge >= 0.3 is 5.97 Å². The highest BCUT2D eigenvalue weighted by Gasteiger charge is 2.07. The van der Waals surface area contributed by atoms with Gasteiger partial charge in [0.1, 0.15) is 0 Å². The Morgan fingerprint density at radius 3 is 2.58 bits per heavy atom. The molecule has 0 unspecified atom stereocenters. The molecule has 1 aromatic heterocycles. The first-order chi connectivity index (χ1) is 9.08. The van der Waals surface area contributed by atoms with E-state index in [1.54, 1.807) is 0 Å². The molecular formula is C14H9BrO3S. The van der Waals surface area contributed by atoms with E-state index < -0.39 is 11.8 Å². The Kier molecular flexibility index (Phi) is 4.29. The first-order valence-electron chi connectivity index (χ1n) is 5.38. The standard InChI is InChI=1S/C14H9BrO3S/c15-11-4-2-1-3-10(11)13-8-6-9(19-13)5-7-12(16)14(17)18/h1-8H,(H,17,18)/b7-5+. The van der Waals surface area contributed by atoms with Gasteiger partial charge in [-0.2, -0.15) is 0 Å². The van der Waals surface area contributed by atoms with E-state index in [9.17, 15) is 9.59 Å². The molecule has 1 aromatic carbocycles. The second-order valence-corrected chi connectivity index (χ2v) is 5.65. The maximum Gasteiger partial charge on any atom is 0.376 e. The number of aliphatic carboxylic acids is 1. The first kappa shape index (κ1) is 13.7. The minimum Gasteiger partial charge on any atom is -0.475 e. The quantitative estimate of drug-likeness (QED) is 0.681. The monoisotopic (exact) mass is 336 g/mol. The van der Waals surface area contributed by atoms with Crippen molar-refractivity contribution in [2.75, 3.05) is 0 Å². The van der Waals surface area contributed by atoms with Crippen LogP contribution >= 0.6 is 27.3 Å². The van der Waals surface area contributed by atoms with Gasteiger partial charge in [-0.05, 0) is 30.4 Å². The maximum absolute atomic E-state index is 11.0. The van der Waals surface area contributed by atoms with Crippen LogP contribution < -0.4 is 0 Å². The number of halogens is 1. The summed E-state index contributed by atoms with van der Waals surface area (Å²) in [4.78, 5) is 23.2. The van der Waals surface area contributed by atoms with Crippen molar-refractivity contribution in [3.8, 4) is 10.4 Å². The Hall–Kier alpha value is -1.72. The highest BCUT2D eigenvalue weighted by atomic mass is 79.9. The topological polar surface area (TPSA) is 54.4 Å². The number of thiophene rings is 1. The third-order valence-corrected chi connectivity index (χ3v) is 4.15. The van der Waals surface area contributed by atoms with Gasteiger partial charge in [0, 0.05) is 19.8 Å². The fourth-order valence-electron chi connectivity index (χ4n) is 1.48. The molecule has 0 aliphatic carbocycles. The molecule has 0 atom stereocenters. The van der Waals surface area contributed by atoms with E-state index >= 15 is 0 Å². The average molecular weight is 337 g/mol. The Labute approximate surface area is 122 Å². The zero-order chi connectivity index (χ0) is 13.8. The van der Waals surface area contributed by atoms with Crippen molar-refractivity contribution in [1.29, 1.82) is 0 Å². The first-order valence-corrected chi connectivity index (χ1v) is 6.99. The number of carboxylic acid groups (broad SMARTS) is 1. The van der Waals surface area contributed by atoms with E-state index in [-0.39, 0.29) is 0 Å². The molecular weight excluding hydrogens is 328 g/mol. The molecule has 0 spiro atoms. The predicted octanol–water partition coefficient (Wildman–Crippen LogP) is 3.84. The molecule has 2 rings (SSSR count). The van der Waals surface area contributed by atoms with Crippen LogP contribution in [-0.2, 0) is 9.59 Å². The molecule has 0 bridgehead atoms. The molecule has 0 aliphatic heterocycles.